The highest BCUT2D eigenvalue weighted by Crippen LogP contribution is 2.26. The van der Waals surface area contributed by atoms with E-state index in [4.69, 9.17) is 10.5 Å². The van der Waals surface area contributed by atoms with Crippen molar-refractivity contribution >= 4 is 11.6 Å². The number of benzene rings is 1. The van der Waals surface area contributed by atoms with Gasteiger partial charge in [0.2, 0.25) is 0 Å². The van der Waals surface area contributed by atoms with Crippen LogP contribution in [0.25, 0.3) is 0 Å². The third kappa shape index (κ3) is 3.78. The number of aryl methyl sites for hydroxylation is 1. The molecule has 0 saturated carbocycles. The van der Waals surface area contributed by atoms with Crippen molar-refractivity contribution in [2.45, 2.75) is 32.2 Å². The number of rotatable bonds is 4. The molecule has 1 aromatic carbocycles. The van der Waals surface area contributed by atoms with Crippen LogP contribution in [0.5, 0.6) is 0 Å². The highest BCUT2D eigenvalue weighted by molar-refractivity contribution is 5.95. The summed E-state index contributed by atoms with van der Waals surface area (Å²) in [4.78, 5) is 14.0. The van der Waals surface area contributed by atoms with Gasteiger partial charge in [0.25, 0.3) is 5.91 Å². The molecule has 4 nitrogen and oxygen atoms in total. The predicted octanol–water partition coefficient (Wildman–Crippen LogP) is 1.72. The van der Waals surface area contributed by atoms with E-state index in [1.807, 2.05) is 36.9 Å². The van der Waals surface area contributed by atoms with Crippen molar-refractivity contribution in [2.75, 3.05) is 24.7 Å². The molecule has 0 aliphatic carbocycles. The minimum atomic E-state index is -0.403. The Balaban J connectivity index is 1.97. The highest BCUT2D eigenvalue weighted by atomic mass is 16.5. The molecule has 19 heavy (non-hydrogen) atoms. The number of anilines is 1. The first-order valence-corrected chi connectivity index (χ1v) is 6.72. The predicted molar refractivity (Wildman–Crippen MR) is 76.2 cm³/mol. The largest absolute Gasteiger partial charge is 0.370 e. The fourth-order valence-corrected chi connectivity index (χ4v) is 2.27. The number of para-hydroxylation sites is 1. The topological polar surface area (TPSA) is 55.6 Å². The number of nitrogens with zero attached hydrogens (tertiary/aromatic N) is 1. The molecule has 1 heterocycles. The third-order valence-electron chi connectivity index (χ3n) is 3.11. The number of amides is 1. The van der Waals surface area contributed by atoms with Crippen LogP contribution >= 0.6 is 0 Å². The van der Waals surface area contributed by atoms with Gasteiger partial charge in [-0.25, -0.2) is 0 Å². The van der Waals surface area contributed by atoms with E-state index in [0.29, 0.717) is 6.61 Å². The molecule has 0 fully saturated rings. The van der Waals surface area contributed by atoms with Gasteiger partial charge in [-0.15, -0.1) is 0 Å². The van der Waals surface area contributed by atoms with E-state index < -0.39 is 5.54 Å². The van der Waals surface area contributed by atoms with Gasteiger partial charge in [0.15, 0.2) is 0 Å². The fourth-order valence-electron chi connectivity index (χ4n) is 2.27. The fraction of sp³-hybridized carbons (Fsp3) is 0.533. The number of ether oxygens (including phenoxy) is 1. The lowest BCUT2D eigenvalue weighted by Gasteiger charge is -2.29. The first-order chi connectivity index (χ1) is 8.97. The minimum absolute atomic E-state index is 0.0106. The second-order valence-corrected chi connectivity index (χ2v) is 5.76. The van der Waals surface area contributed by atoms with Crippen molar-refractivity contribution in [3.05, 3.63) is 29.8 Å². The summed E-state index contributed by atoms with van der Waals surface area (Å²) >= 11 is 0. The lowest BCUT2D eigenvalue weighted by atomic mass is 10.0. The Kier molecular flexibility index (Phi) is 4.22. The molecule has 0 saturated heterocycles. The van der Waals surface area contributed by atoms with Crippen molar-refractivity contribution in [2.24, 2.45) is 5.73 Å². The number of hydrogen-bond acceptors (Lipinski definition) is 3. The molecule has 0 radical (unpaired) electrons. The standard InChI is InChI=1S/C15H22N2O2/c1-15(2,16)11-19-10-14(18)17-9-5-7-12-6-3-4-8-13(12)17/h3-4,6,8H,5,7,9-11,16H2,1-2H3. The maximum Gasteiger partial charge on any atom is 0.252 e. The zero-order valence-electron chi connectivity index (χ0n) is 11.7. The van der Waals surface area contributed by atoms with Crippen molar-refractivity contribution in [1.29, 1.82) is 0 Å². The summed E-state index contributed by atoms with van der Waals surface area (Å²) < 4.78 is 5.41. The number of carbonyl (C=O) groups is 1. The first kappa shape index (κ1) is 14.0. The number of nitrogens with two attached hydrogens (primary N) is 1. The van der Waals surface area contributed by atoms with E-state index in [1.54, 1.807) is 0 Å². The molecule has 0 spiro atoms. The van der Waals surface area contributed by atoms with Crippen LogP contribution in [-0.4, -0.2) is 31.2 Å². The molecule has 0 bridgehead atoms. The van der Waals surface area contributed by atoms with Crippen molar-refractivity contribution in [1.82, 2.24) is 0 Å². The summed E-state index contributed by atoms with van der Waals surface area (Å²) in [5, 5.41) is 0. The summed E-state index contributed by atoms with van der Waals surface area (Å²) in [5.74, 6) is 0.0106. The van der Waals surface area contributed by atoms with Gasteiger partial charge in [0, 0.05) is 17.8 Å². The first-order valence-electron chi connectivity index (χ1n) is 6.72. The molecular formula is C15H22N2O2. The lowest BCUT2D eigenvalue weighted by Crippen LogP contribution is -2.41. The van der Waals surface area contributed by atoms with Crippen LogP contribution in [0.3, 0.4) is 0 Å². The Hall–Kier alpha value is -1.39. The average Bonchev–Trinajstić information content (AvgIpc) is 2.36. The molecule has 0 atom stereocenters. The summed E-state index contributed by atoms with van der Waals surface area (Å²) in [5.41, 5.74) is 7.68. The Morgan fingerprint density at radius 2 is 2.16 bits per heavy atom. The number of carbonyl (C=O) groups excluding carboxylic acids is 1. The Morgan fingerprint density at radius 3 is 2.89 bits per heavy atom. The molecule has 2 N–H and O–H groups in total. The molecule has 0 aromatic heterocycles. The third-order valence-corrected chi connectivity index (χ3v) is 3.11. The van der Waals surface area contributed by atoms with Crippen LogP contribution in [0.4, 0.5) is 5.69 Å². The van der Waals surface area contributed by atoms with Crippen LogP contribution in [0, 0.1) is 0 Å². The van der Waals surface area contributed by atoms with Gasteiger partial charge in [-0.05, 0) is 38.3 Å². The molecule has 0 unspecified atom stereocenters. The van der Waals surface area contributed by atoms with Gasteiger partial charge in [0.1, 0.15) is 6.61 Å². The SMILES string of the molecule is CC(C)(N)COCC(=O)N1CCCc2ccccc21. The Morgan fingerprint density at radius 1 is 1.42 bits per heavy atom. The van der Waals surface area contributed by atoms with Crippen molar-refractivity contribution in [3.63, 3.8) is 0 Å². The zero-order chi connectivity index (χ0) is 13.9. The van der Waals surface area contributed by atoms with Crippen LogP contribution in [0.1, 0.15) is 25.8 Å². The zero-order valence-corrected chi connectivity index (χ0v) is 11.7. The molecule has 104 valence electrons. The second kappa shape index (κ2) is 5.72. The average molecular weight is 262 g/mol. The second-order valence-electron chi connectivity index (χ2n) is 5.76. The molecule has 1 aliphatic heterocycles. The van der Waals surface area contributed by atoms with Crippen LogP contribution in [0.2, 0.25) is 0 Å². The lowest BCUT2D eigenvalue weighted by molar-refractivity contribution is -0.123. The summed E-state index contributed by atoms with van der Waals surface area (Å²) in [6, 6.07) is 8.06. The van der Waals surface area contributed by atoms with Gasteiger partial charge in [0.05, 0.1) is 6.61 Å². The molecule has 1 amide bonds. The van der Waals surface area contributed by atoms with E-state index in [9.17, 15) is 4.79 Å². The molecule has 2 rings (SSSR count). The van der Waals surface area contributed by atoms with E-state index in [2.05, 4.69) is 6.07 Å². The maximum atomic E-state index is 12.2. The number of hydrogen-bond donors (Lipinski definition) is 1. The summed E-state index contributed by atoms with van der Waals surface area (Å²) in [6.07, 6.45) is 2.04. The van der Waals surface area contributed by atoms with Crippen LogP contribution < -0.4 is 10.6 Å². The van der Waals surface area contributed by atoms with Crippen LogP contribution in [-0.2, 0) is 16.0 Å². The Bertz CT molecular complexity index is 452. The van der Waals surface area contributed by atoms with Gasteiger partial charge < -0.3 is 15.4 Å². The van der Waals surface area contributed by atoms with Crippen molar-refractivity contribution in [3.8, 4) is 0 Å². The van der Waals surface area contributed by atoms with E-state index >= 15 is 0 Å². The smallest absolute Gasteiger partial charge is 0.252 e. The quantitative estimate of drug-likeness (QED) is 0.899. The van der Waals surface area contributed by atoms with E-state index in [1.165, 1.54) is 5.56 Å². The molecular weight excluding hydrogens is 240 g/mol. The van der Waals surface area contributed by atoms with Gasteiger partial charge in [-0.1, -0.05) is 18.2 Å². The summed E-state index contributed by atoms with van der Waals surface area (Å²) in [7, 11) is 0. The van der Waals surface area contributed by atoms with Gasteiger partial charge >= 0.3 is 0 Å². The molecule has 4 heteroatoms. The highest BCUT2D eigenvalue weighted by Gasteiger charge is 2.22. The van der Waals surface area contributed by atoms with E-state index in [0.717, 1.165) is 25.1 Å². The molecule has 1 aliphatic rings. The van der Waals surface area contributed by atoms with E-state index in [-0.39, 0.29) is 12.5 Å². The summed E-state index contributed by atoms with van der Waals surface area (Å²) in [6.45, 7) is 5.01. The number of fused-ring (bicyclic) bond motifs is 1. The molecule has 1 aromatic rings. The van der Waals surface area contributed by atoms with Crippen LogP contribution in [0.15, 0.2) is 24.3 Å². The van der Waals surface area contributed by atoms with Gasteiger partial charge in [-0.3, -0.25) is 4.79 Å². The monoisotopic (exact) mass is 262 g/mol. The Labute approximate surface area is 114 Å². The van der Waals surface area contributed by atoms with Gasteiger partial charge in [-0.2, -0.15) is 0 Å². The van der Waals surface area contributed by atoms with Crippen molar-refractivity contribution < 1.29 is 9.53 Å². The minimum Gasteiger partial charge on any atom is -0.370 e. The normalized spacial score (nSPS) is 15.2. The maximum absolute atomic E-state index is 12.2.